The number of hydrogen-bond acceptors (Lipinski definition) is 8. The van der Waals surface area contributed by atoms with Crippen LogP contribution in [-0.2, 0) is 11.2 Å². The lowest BCUT2D eigenvalue weighted by Gasteiger charge is -2.36. The van der Waals surface area contributed by atoms with Gasteiger partial charge in [-0.15, -0.1) is 0 Å². The van der Waals surface area contributed by atoms with Gasteiger partial charge in [0.05, 0.1) is 17.8 Å². The highest BCUT2D eigenvalue weighted by Gasteiger charge is 2.29. The average Bonchev–Trinajstić information content (AvgIpc) is 3.29. The Morgan fingerprint density at radius 3 is 2.61 bits per heavy atom. The Kier molecular flexibility index (Phi) is 5.19. The topological polar surface area (TPSA) is 80.2 Å². The van der Waals surface area contributed by atoms with Gasteiger partial charge in [-0.1, -0.05) is 0 Å². The molecule has 0 aliphatic carbocycles. The molecule has 31 heavy (non-hydrogen) atoms. The van der Waals surface area contributed by atoms with E-state index in [2.05, 4.69) is 31.7 Å². The minimum absolute atomic E-state index is 0.0260. The molecule has 2 aliphatic heterocycles. The van der Waals surface area contributed by atoms with Crippen molar-refractivity contribution in [2.24, 2.45) is 0 Å². The van der Waals surface area contributed by atoms with Crippen LogP contribution in [0.3, 0.4) is 0 Å². The zero-order chi connectivity index (χ0) is 21.4. The quantitative estimate of drug-likeness (QED) is 0.636. The summed E-state index contributed by atoms with van der Waals surface area (Å²) in [4.78, 5) is 26.6. The van der Waals surface area contributed by atoms with E-state index < -0.39 is 0 Å². The Morgan fingerprint density at radius 2 is 1.84 bits per heavy atom. The third-order valence-corrected chi connectivity index (χ3v) is 6.03. The maximum atomic E-state index is 14.5. The second-order valence-corrected chi connectivity index (χ2v) is 7.88. The van der Waals surface area contributed by atoms with Crippen LogP contribution < -0.4 is 9.80 Å². The summed E-state index contributed by atoms with van der Waals surface area (Å²) in [5, 5.41) is 0. The van der Waals surface area contributed by atoms with Crippen LogP contribution in [0.4, 0.5) is 16.0 Å². The number of hydrogen-bond donors (Lipinski definition) is 0. The Morgan fingerprint density at radius 1 is 1.03 bits per heavy atom. The Bertz CT molecular complexity index is 1080. The van der Waals surface area contributed by atoms with Crippen LogP contribution >= 0.6 is 0 Å². The van der Waals surface area contributed by atoms with Gasteiger partial charge in [-0.25, -0.2) is 29.3 Å². The Hall–Kier alpha value is -3.20. The molecule has 2 aliphatic rings. The maximum Gasteiger partial charge on any atom is 0.197 e. The van der Waals surface area contributed by atoms with Crippen molar-refractivity contribution >= 4 is 11.6 Å². The molecule has 0 spiro atoms. The van der Waals surface area contributed by atoms with Gasteiger partial charge in [0.2, 0.25) is 0 Å². The number of halogens is 1. The Balaban J connectivity index is 1.42. The molecule has 1 saturated heterocycles. The van der Waals surface area contributed by atoms with Crippen molar-refractivity contribution in [1.82, 2.24) is 24.9 Å². The molecule has 5 heterocycles. The molecule has 5 rings (SSSR count). The first kappa shape index (κ1) is 19.7. The lowest BCUT2D eigenvalue weighted by Crippen LogP contribution is -2.36. The molecule has 160 valence electrons. The zero-order valence-corrected chi connectivity index (χ0v) is 17.6. The predicted molar refractivity (Wildman–Crippen MR) is 114 cm³/mol. The van der Waals surface area contributed by atoms with Gasteiger partial charge in [0, 0.05) is 69.5 Å². The molecule has 0 bridgehead atoms. The smallest absolute Gasteiger partial charge is 0.197 e. The van der Waals surface area contributed by atoms with E-state index >= 15 is 0 Å². The van der Waals surface area contributed by atoms with Gasteiger partial charge in [-0.2, -0.15) is 0 Å². The Labute approximate surface area is 180 Å². The minimum Gasteiger partial charge on any atom is -0.380 e. The van der Waals surface area contributed by atoms with Gasteiger partial charge >= 0.3 is 0 Å². The average molecular weight is 421 g/mol. The summed E-state index contributed by atoms with van der Waals surface area (Å²) in [6.45, 7) is 4.30. The summed E-state index contributed by atoms with van der Waals surface area (Å²) >= 11 is 0. The highest BCUT2D eigenvalue weighted by atomic mass is 19.1. The number of anilines is 2. The molecule has 8 nitrogen and oxygen atoms in total. The summed E-state index contributed by atoms with van der Waals surface area (Å²) < 4.78 is 20.0. The summed E-state index contributed by atoms with van der Waals surface area (Å²) in [6.07, 6.45) is 6.98. The van der Waals surface area contributed by atoms with E-state index in [1.165, 1.54) is 12.1 Å². The zero-order valence-electron chi connectivity index (χ0n) is 17.6. The molecule has 2 atom stereocenters. The summed E-state index contributed by atoms with van der Waals surface area (Å²) in [7, 11) is 1.71. The van der Waals surface area contributed by atoms with E-state index in [0.717, 1.165) is 30.8 Å². The van der Waals surface area contributed by atoms with Gasteiger partial charge in [0.25, 0.3) is 0 Å². The van der Waals surface area contributed by atoms with Crippen LogP contribution in [0.5, 0.6) is 0 Å². The summed E-state index contributed by atoms with van der Waals surface area (Å²) in [5.41, 5.74) is 1.99. The fraction of sp³-hybridized carbons (Fsp3) is 0.409. The van der Waals surface area contributed by atoms with Gasteiger partial charge in [-0.3, -0.25) is 0 Å². The molecule has 1 fully saturated rings. The van der Waals surface area contributed by atoms with Crippen molar-refractivity contribution in [1.29, 1.82) is 0 Å². The summed E-state index contributed by atoms with van der Waals surface area (Å²) in [6, 6.07) is 4.74. The number of ether oxygens (including phenoxy) is 1. The van der Waals surface area contributed by atoms with Crippen LogP contribution in [0.2, 0.25) is 0 Å². The first-order valence-electron chi connectivity index (χ1n) is 10.5. The molecule has 0 N–H and O–H groups in total. The largest absolute Gasteiger partial charge is 0.380 e. The van der Waals surface area contributed by atoms with Crippen LogP contribution in [0, 0.1) is 5.82 Å². The fourth-order valence-corrected chi connectivity index (χ4v) is 4.31. The lowest BCUT2D eigenvalue weighted by molar-refractivity contribution is 0.121. The number of aromatic nitrogens is 5. The third kappa shape index (κ3) is 3.81. The number of methoxy groups -OCH3 is 1. The van der Waals surface area contributed by atoms with E-state index in [1.807, 2.05) is 6.20 Å². The number of rotatable bonds is 4. The predicted octanol–water partition coefficient (Wildman–Crippen LogP) is 2.82. The standard InChI is InChI=1S/C22H24FN7O/c1-14-17-12-26-22(21-24-6-3-7-25-21)27-18(17)5-9-30(14)20-11-15(23)10-19(28-20)29-8-4-16(13-29)31-2/h3,6-7,10-12,14,16H,4-5,8-9,13H2,1-2H3. The first-order chi connectivity index (χ1) is 15.1. The second kappa shape index (κ2) is 8.14. The van der Waals surface area contributed by atoms with Crippen molar-refractivity contribution < 1.29 is 9.13 Å². The lowest BCUT2D eigenvalue weighted by atomic mass is 9.99. The molecule has 0 amide bonds. The molecule has 0 aromatic carbocycles. The highest BCUT2D eigenvalue weighted by molar-refractivity contribution is 5.53. The van der Waals surface area contributed by atoms with Crippen LogP contribution in [0.1, 0.15) is 30.6 Å². The summed E-state index contributed by atoms with van der Waals surface area (Å²) in [5.74, 6) is 2.03. The third-order valence-electron chi connectivity index (χ3n) is 6.03. The molecular weight excluding hydrogens is 397 g/mol. The van der Waals surface area contributed by atoms with E-state index in [1.54, 1.807) is 25.6 Å². The van der Waals surface area contributed by atoms with E-state index in [0.29, 0.717) is 36.3 Å². The van der Waals surface area contributed by atoms with Crippen molar-refractivity contribution in [3.8, 4) is 11.6 Å². The molecule has 0 saturated carbocycles. The SMILES string of the molecule is COC1CCN(c2cc(F)cc(N3CCc4nc(-c5ncccn5)ncc4C3C)n2)C1. The number of fused-ring (bicyclic) bond motifs is 1. The monoisotopic (exact) mass is 421 g/mol. The van der Waals surface area contributed by atoms with E-state index in [-0.39, 0.29) is 18.0 Å². The van der Waals surface area contributed by atoms with Gasteiger partial charge in [0.15, 0.2) is 11.6 Å². The van der Waals surface area contributed by atoms with Crippen LogP contribution in [-0.4, -0.2) is 57.8 Å². The molecule has 3 aromatic heterocycles. The first-order valence-corrected chi connectivity index (χ1v) is 10.5. The van der Waals surface area contributed by atoms with E-state index in [4.69, 9.17) is 14.7 Å². The number of pyridine rings is 1. The molecule has 9 heteroatoms. The molecule has 0 radical (unpaired) electrons. The number of nitrogens with zero attached hydrogens (tertiary/aromatic N) is 7. The van der Waals surface area contributed by atoms with Gasteiger partial charge in [0.1, 0.15) is 17.5 Å². The van der Waals surface area contributed by atoms with Crippen molar-refractivity contribution in [2.45, 2.75) is 31.9 Å². The molecule has 2 unspecified atom stereocenters. The van der Waals surface area contributed by atoms with Crippen molar-refractivity contribution in [3.63, 3.8) is 0 Å². The minimum atomic E-state index is -0.285. The van der Waals surface area contributed by atoms with Gasteiger partial charge < -0.3 is 14.5 Å². The maximum absolute atomic E-state index is 14.5. The van der Waals surface area contributed by atoms with E-state index in [9.17, 15) is 4.39 Å². The highest BCUT2D eigenvalue weighted by Crippen LogP contribution is 2.34. The molecule has 3 aromatic rings. The molecular formula is C22H24FN7O. The van der Waals surface area contributed by atoms with Crippen LogP contribution in [0.25, 0.3) is 11.6 Å². The van der Waals surface area contributed by atoms with Gasteiger partial charge in [-0.05, 0) is 19.4 Å². The van der Waals surface area contributed by atoms with Crippen molar-refractivity contribution in [3.05, 3.63) is 53.9 Å². The fourth-order valence-electron chi connectivity index (χ4n) is 4.31. The van der Waals surface area contributed by atoms with Crippen LogP contribution in [0.15, 0.2) is 36.8 Å². The normalized spacial score (nSPS) is 20.7. The van der Waals surface area contributed by atoms with Crippen molar-refractivity contribution in [2.75, 3.05) is 36.5 Å². The second-order valence-electron chi connectivity index (χ2n) is 7.88.